The number of ether oxygens (including phenoxy) is 2. The number of hydrogen-bond donors (Lipinski definition) is 1. The summed E-state index contributed by atoms with van der Waals surface area (Å²) in [5.74, 6) is 0. The van der Waals surface area contributed by atoms with E-state index in [0.29, 0.717) is 26.2 Å². The molecule has 0 radical (unpaired) electrons. The van der Waals surface area contributed by atoms with Crippen molar-refractivity contribution in [2.45, 2.75) is 141 Å². The summed E-state index contributed by atoms with van der Waals surface area (Å²) in [5, 5.41) is 0. The van der Waals surface area contributed by atoms with Crippen LogP contribution in [0.15, 0.2) is 0 Å². The summed E-state index contributed by atoms with van der Waals surface area (Å²) in [6.07, 6.45) is 24.2. The van der Waals surface area contributed by atoms with Gasteiger partial charge in [0.2, 0.25) is 0 Å². The molecule has 9 nitrogen and oxygen atoms in total. The Bertz CT molecular complexity index is 745. The molecule has 0 aliphatic carbocycles. The Balaban J connectivity index is 1.52. The van der Waals surface area contributed by atoms with E-state index in [1.165, 1.54) is 103 Å². The van der Waals surface area contributed by atoms with E-state index < -0.39 is 20.0 Å². The van der Waals surface area contributed by atoms with Gasteiger partial charge in [0.05, 0.1) is 33.4 Å². The first kappa shape index (κ1) is 38.5. The number of phosphoric acid groups is 1. The highest BCUT2D eigenvalue weighted by molar-refractivity contribution is 7.47. The molecule has 0 saturated carbocycles. The van der Waals surface area contributed by atoms with Crippen molar-refractivity contribution in [3.8, 4) is 0 Å². The van der Waals surface area contributed by atoms with Crippen LogP contribution in [0.1, 0.15) is 135 Å². The lowest BCUT2D eigenvalue weighted by atomic mass is 10.0. The fourth-order valence-corrected chi connectivity index (χ4v) is 6.86. The molecule has 2 rings (SSSR count). The van der Waals surface area contributed by atoms with Gasteiger partial charge in [-0.25, -0.2) is 9.36 Å². The fraction of sp³-hybridized carbons (Fsp3) is 0.970. The van der Waals surface area contributed by atoms with Gasteiger partial charge in [-0.3, -0.25) is 9.05 Å². The molecule has 2 atom stereocenters. The average Bonchev–Trinajstić information content (AvgIpc) is 3.68. The molecule has 1 N–H and O–H groups in total. The topological polar surface area (TPSA) is 94.5 Å². The van der Waals surface area contributed by atoms with E-state index in [1.807, 2.05) is 0 Å². The predicted octanol–water partition coefficient (Wildman–Crippen LogP) is 8.24. The van der Waals surface area contributed by atoms with Crippen LogP contribution in [-0.2, 0) is 23.1 Å². The minimum absolute atomic E-state index is 0.132. The highest BCUT2D eigenvalue weighted by Crippen LogP contribution is 2.43. The molecule has 0 bridgehead atoms. The zero-order valence-corrected chi connectivity index (χ0v) is 28.7. The molecule has 0 aromatic heterocycles. The smallest absolute Gasteiger partial charge is 0.441 e. The average molecular weight is 634 g/mol. The first-order valence-corrected chi connectivity index (χ1v) is 19.3. The van der Waals surface area contributed by atoms with Crippen LogP contribution in [0.3, 0.4) is 0 Å². The maximum atomic E-state index is 12.6. The third-order valence-electron chi connectivity index (χ3n) is 9.03. The van der Waals surface area contributed by atoms with Crippen LogP contribution in [-0.4, -0.2) is 92.7 Å². The summed E-state index contributed by atoms with van der Waals surface area (Å²) in [6, 6.07) is 0. The van der Waals surface area contributed by atoms with Gasteiger partial charge in [0, 0.05) is 32.5 Å². The van der Waals surface area contributed by atoms with Crippen molar-refractivity contribution in [1.29, 1.82) is 0 Å². The van der Waals surface area contributed by atoms with Gasteiger partial charge in [-0.15, -0.1) is 0 Å². The molecular weight excluding hydrogens is 567 g/mol. The van der Waals surface area contributed by atoms with Crippen molar-refractivity contribution in [3.63, 3.8) is 0 Å². The van der Waals surface area contributed by atoms with Crippen molar-refractivity contribution >= 4 is 13.9 Å². The lowest BCUT2D eigenvalue weighted by Gasteiger charge is -2.29. The number of nitrogens with zero attached hydrogens (tertiary/aromatic N) is 2. The maximum absolute atomic E-state index is 12.6. The molecular formula is C33H66N2O7P+. The summed E-state index contributed by atoms with van der Waals surface area (Å²) in [5.41, 5.74) is 0. The SMILES string of the molecule is CCCCCCCCCCCCCCCCCCOCC(COP(=O)(O)OCC[N+]1(C)CCCC1)OC(=O)N1CCCC1. The number of carbonyl (C=O) groups is 1. The number of rotatable bonds is 27. The number of phosphoric ester groups is 1. The number of carbonyl (C=O) groups excluding carboxylic acids is 1. The van der Waals surface area contributed by atoms with Crippen LogP contribution in [0.5, 0.6) is 0 Å². The van der Waals surface area contributed by atoms with Crippen LogP contribution in [0.4, 0.5) is 4.79 Å². The first-order valence-electron chi connectivity index (χ1n) is 17.8. The second-order valence-corrected chi connectivity index (χ2v) is 14.6. The minimum atomic E-state index is -4.25. The molecule has 10 heteroatoms. The normalized spacial score (nSPS) is 18.6. The van der Waals surface area contributed by atoms with Crippen molar-refractivity contribution in [3.05, 3.63) is 0 Å². The largest absolute Gasteiger partial charge is 0.472 e. The summed E-state index contributed by atoms with van der Waals surface area (Å²) in [4.78, 5) is 24.4. The molecule has 254 valence electrons. The second kappa shape index (κ2) is 23.6. The molecule has 0 aromatic rings. The van der Waals surface area contributed by atoms with Gasteiger partial charge in [0.1, 0.15) is 13.2 Å². The van der Waals surface area contributed by atoms with Crippen LogP contribution >= 0.6 is 7.82 Å². The zero-order valence-electron chi connectivity index (χ0n) is 27.8. The minimum Gasteiger partial charge on any atom is -0.441 e. The third kappa shape index (κ3) is 19.4. The Morgan fingerprint density at radius 2 is 1.26 bits per heavy atom. The third-order valence-corrected chi connectivity index (χ3v) is 10.0. The van der Waals surface area contributed by atoms with E-state index in [9.17, 15) is 14.3 Å². The predicted molar refractivity (Wildman–Crippen MR) is 173 cm³/mol. The summed E-state index contributed by atoms with van der Waals surface area (Å²) in [7, 11) is -2.11. The van der Waals surface area contributed by atoms with E-state index in [1.54, 1.807) is 4.90 Å². The number of unbranched alkanes of at least 4 members (excludes halogenated alkanes) is 15. The van der Waals surface area contributed by atoms with Crippen LogP contribution < -0.4 is 0 Å². The lowest BCUT2D eigenvalue weighted by Crippen LogP contribution is -2.43. The summed E-state index contributed by atoms with van der Waals surface area (Å²) < 4.78 is 35.3. The Kier molecular flexibility index (Phi) is 21.1. The number of likely N-dealkylation sites (tertiary alicyclic amines) is 2. The van der Waals surface area contributed by atoms with Crippen molar-refractivity contribution in [2.75, 3.05) is 66.2 Å². The van der Waals surface area contributed by atoms with Gasteiger partial charge in [-0.1, -0.05) is 103 Å². The Hall–Kier alpha value is -0.700. The van der Waals surface area contributed by atoms with E-state index in [2.05, 4.69) is 14.0 Å². The van der Waals surface area contributed by atoms with Gasteiger partial charge in [0.15, 0.2) is 6.10 Å². The summed E-state index contributed by atoms with van der Waals surface area (Å²) in [6.45, 7) is 7.02. The van der Waals surface area contributed by atoms with Crippen LogP contribution in [0.2, 0.25) is 0 Å². The molecule has 1 amide bonds. The number of likely N-dealkylation sites (N-methyl/N-ethyl adjacent to an activating group) is 1. The molecule has 2 aliphatic rings. The quantitative estimate of drug-likeness (QED) is 0.0553. The van der Waals surface area contributed by atoms with Crippen molar-refractivity contribution in [1.82, 2.24) is 4.90 Å². The lowest BCUT2D eigenvalue weighted by molar-refractivity contribution is -0.897. The molecule has 2 heterocycles. The van der Waals surface area contributed by atoms with E-state index in [-0.39, 0.29) is 19.8 Å². The first-order chi connectivity index (χ1) is 20.8. The van der Waals surface area contributed by atoms with E-state index in [4.69, 9.17) is 18.5 Å². The van der Waals surface area contributed by atoms with Gasteiger partial charge in [-0.2, -0.15) is 0 Å². The molecule has 2 unspecified atom stereocenters. The molecule has 43 heavy (non-hydrogen) atoms. The highest BCUT2D eigenvalue weighted by Gasteiger charge is 2.31. The number of hydrogen-bond acceptors (Lipinski definition) is 6. The van der Waals surface area contributed by atoms with E-state index >= 15 is 0 Å². The Morgan fingerprint density at radius 3 is 1.79 bits per heavy atom. The standard InChI is InChI=1S/C33H65N2O7P/c1-3-4-5-6-7-8-9-10-11-12-13-14-15-16-17-22-28-39-30-32(42-33(36)34-23-18-19-24-34)31-41-43(37,38)40-29-27-35(2)25-20-21-26-35/h32H,3-31H2,1-2H3/p+1. The van der Waals surface area contributed by atoms with Gasteiger partial charge < -0.3 is 23.8 Å². The monoisotopic (exact) mass is 633 g/mol. The van der Waals surface area contributed by atoms with Crippen molar-refractivity contribution in [2.24, 2.45) is 0 Å². The van der Waals surface area contributed by atoms with Gasteiger partial charge in [0.25, 0.3) is 0 Å². The zero-order chi connectivity index (χ0) is 31.1. The number of amides is 1. The Labute approximate surface area is 263 Å². The van der Waals surface area contributed by atoms with E-state index in [0.717, 1.165) is 43.3 Å². The molecule has 0 spiro atoms. The highest BCUT2D eigenvalue weighted by atomic mass is 31.2. The molecule has 2 fully saturated rings. The van der Waals surface area contributed by atoms with Crippen LogP contribution in [0, 0.1) is 0 Å². The maximum Gasteiger partial charge on any atom is 0.472 e. The second-order valence-electron chi connectivity index (χ2n) is 13.2. The van der Waals surface area contributed by atoms with Gasteiger partial charge >= 0.3 is 13.9 Å². The van der Waals surface area contributed by atoms with Crippen LogP contribution in [0.25, 0.3) is 0 Å². The van der Waals surface area contributed by atoms with Gasteiger partial charge in [-0.05, 0) is 19.3 Å². The van der Waals surface area contributed by atoms with Crippen molar-refractivity contribution < 1.29 is 37.3 Å². The summed E-state index contributed by atoms with van der Waals surface area (Å²) >= 11 is 0. The Morgan fingerprint density at radius 1 is 0.744 bits per heavy atom. The molecule has 2 aliphatic heterocycles. The number of quaternary nitrogens is 1. The molecule has 0 aromatic carbocycles. The molecule has 2 saturated heterocycles. The fourth-order valence-electron chi connectivity index (χ4n) is 6.11.